The van der Waals surface area contributed by atoms with Gasteiger partial charge in [0.1, 0.15) is 0 Å². The number of amides is 3. The van der Waals surface area contributed by atoms with Gasteiger partial charge in [0, 0.05) is 25.6 Å². The van der Waals surface area contributed by atoms with Gasteiger partial charge in [-0.1, -0.05) is 0 Å². The minimum absolute atomic E-state index is 0.0801. The first-order valence-electron chi connectivity index (χ1n) is 5.43. The lowest BCUT2D eigenvalue weighted by Crippen LogP contribution is -2.46. The molecule has 5 nitrogen and oxygen atoms in total. The Morgan fingerprint density at radius 3 is 2.47 bits per heavy atom. The molecule has 0 radical (unpaired) electrons. The van der Waals surface area contributed by atoms with Crippen molar-refractivity contribution in [3.05, 3.63) is 0 Å². The van der Waals surface area contributed by atoms with Gasteiger partial charge in [-0.2, -0.15) is 0 Å². The molecule has 1 aliphatic heterocycles. The molecular formula is C10H19N3O2. The topological polar surface area (TPSA) is 75.4 Å². The molecule has 1 unspecified atom stereocenters. The Labute approximate surface area is 90.0 Å². The summed E-state index contributed by atoms with van der Waals surface area (Å²) in [5, 5.41) is 2.77. The van der Waals surface area contributed by atoms with Gasteiger partial charge in [0.2, 0.25) is 5.91 Å². The maximum Gasteiger partial charge on any atom is 0.317 e. The summed E-state index contributed by atoms with van der Waals surface area (Å²) in [5.41, 5.74) is 5.04. The highest BCUT2D eigenvalue weighted by Gasteiger charge is 2.18. The van der Waals surface area contributed by atoms with Gasteiger partial charge >= 0.3 is 6.03 Å². The van der Waals surface area contributed by atoms with E-state index in [9.17, 15) is 9.59 Å². The molecule has 3 N–H and O–H groups in total. The highest BCUT2D eigenvalue weighted by atomic mass is 16.2. The Morgan fingerprint density at radius 1 is 1.33 bits per heavy atom. The lowest BCUT2D eigenvalue weighted by molar-refractivity contribution is -0.118. The third-order valence-electron chi connectivity index (χ3n) is 2.52. The second-order valence-corrected chi connectivity index (χ2v) is 4.07. The highest BCUT2D eigenvalue weighted by Crippen LogP contribution is 2.08. The molecule has 15 heavy (non-hydrogen) atoms. The van der Waals surface area contributed by atoms with Crippen molar-refractivity contribution in [2.75, 3.05) is 13.1 Å². The quantitative estimate of drug-likeness (QED) is 0.714. The Hall–Kier alpha value is -1.26. The van der Waals surface area contributed by atoms with Crippen molar-refractivity contribution in [3.63, 3.8) is 0 Å². The normalized spacial score (nSPS) is 18.3. The summed E-state index contributed by atoms with van der Waals surface area (Å²) in [6.45, 7) is 3.41. The maximum absolute atomic E-state index is 11.7. The number of hydrogen-bond donors (Lipinski definition) is 2. The molecule has 1 atom stereocenters. The monoisotopic (exact) mass is 213 g/mol. The summed E-state index contributed by atoms with van der Waals surface area (Å²) in [6, 6.07) is -0.264. The molecule has 0 aromatic rings. The van der Waals surface area contributed by atoms with Crippen molar-refractivity contribution < 1.29 is 9.59 Å². The van der Waals surface area contributed by atoms with Crippen LogP contribution in [-0.2, 0) is 4.79 Å². The molecule has 1 aliphatic rings. The van der Waals surface area contributed by atoms with Crippen molar-refractivity contribution in [1.82, 2.24) is 10.2 Å². The average molecular weight is 213 g/mol. The third kappa shape index (κ3) is 4.18. The Morgan fingerprint density at radius 2 is 1.93 bits per heavy atom. The number of likely N-dealkylation sites (tertiary alicyclic amines) is 1. The zero-order valence-electron chi connectivity index (χ0n) is 9.16. The molecule has 5 heteroatoms. The van der Waals surface area contributed by atoms with E-state index >= 15 is 0 Å². The summed E-state index contributed by atoms with van der Waals surface area (Å²) >= 11 is 0. The minimum Gasteiger partial charge on any atom is -0.370 e. The van der Waals surface area contributed by atoms with Crippen molar-refractivity contribution in [1.29, 1.82) is 0 Å². The fourth-order valence-electron chi connectivity index (χ4n) is 1.75. The van der Waals surface area contributed by atoms with Crippen LogP contribution in [0, 0.1) is 0 Å². The summed E-state index contributed by atoms with van der Waals surface area (Å²) in [7, 11) is 0. The number of carbonyl (C=O) groups is 2. The van der Waals surface area contributed by atoms with E-state index < -0.39 is 0 Å². The smallest absolute Gasteiger partial charge is 0.317 e. The van der Waals surface area contributed by atoms with Crippen LogP contribution in [0.2, 0.25) is 0 Å². The van der Waals surface area contributed by atoms with Gasteiger partial charge in [0.05, 0.1) is 0 Å². The first kappa shape index (κ1) is 11.8. The second-order valence-electron chi connectivity index (χ2n) is 4.07. The lowest BCUT2D eigenvalue weighted by atomic mass is 10.1. The van der Waals surface area contributed by atoms with Gasteiger partial charge < -0.3 is 16.0 Å². The van der Waals surface area contributed by atoms with Crippen LogP contribution in [0.4, 0.5) is 4.79 Å². The zero-order chi connectivity index (χ0) is 11.3. The molecule has 0 aromatic heterocycles. The van der Waals surface area contributed by atoms with Crippen LogP contribution < -0.4 is 11.1 Å². The van der Waals surface area contributed by atoms with Gasteiger partial charge in [-0.05, 0) is 26.2 Å². The Balaban J connectivity index is 2.30. The van der Waals surface area contributed by atoms with Crippen LogP contribution in [0.25, 0.3) is 0 Å². The Kier molecular flexibility index (Phi) is 4.39. The van der Waals surface area contributed by atoms with Crippen LogP contribution in [-0.4, -0.2) is 36.0 Å². The predicted octanol–water partition coefficient (Wildman–Crippen LogP) is 0.446. The molecule has 0 saturated carbocycles. The van der Waals surface area contributed by atoms with Crippen molar-refractivity contribution in [2.45, 2.75) is 38.6 Å². The van der Waals surface area contributed by atoms with E-state index in [-0.39, 0.29) is 24.4 Å². The van der Waals surface area contributed by atoms with Crippen LogP contribution in [0.1, 0.15) is 32.6 Å². The summed E-state index contributed by atoms with van der Waals surface area (Å²) in [5.74, 6) is -0.388. The number of carbonyl (C=O) groups excluding carboxylic acids is 2. The van der Waals surface area contributed by atoms with Crippen molar-refractivity contribution in [2.24, 2.45) is 5.73 Å². The standard InChI is InChI=1S/C10H19N3O2/c1-8(7-9(11)14)12-10(15)13-5-3-2-4-6-13/h8H,2-7H2,1H3,(H2,11,14)(H,12,15). The van der Waals surface area contributed by atoms with Crippen LogP contribution in [0.3, 0.4) is 0 Å². The SMILES string of the molecule is CC(CC(N)=O)NC(=O)N1CCCCC1. The first-order valence-corrected chi connectivity index (χ1v) is 5.43. The number of hydrogen-bond acceptors (Lipinski definition) is 2. The molecular weight excluding hydrogens is 194 g/mol. The van der Waals surface area contributed by atoms with E-state index in [1.807, 2.05) is 0 Å². The van der Waals surface area contributed by atoms with Crippen molar-refractivity contribution >= 4 is 11.9 Å². The van der Waals surface area contributed by atoms with E-state index in [4.69, 9.17) is 5.73 Å². The van der Waals surface area contributed by atoms with Crippen LogP contribution in [0.5, 0.6) is 0 Å². The molecule has 0 bridgehead atoms. The van der Waals surface area contributed by atoms with Gasteiger partial charge in [0.15, 0.2) is 0 Å². The van der Waals surface area contributed by atoms with Crippen LogP contribution >= 0.6 is 0 Å². The maximum atomic E-state index is 11.7. The van der Waals surface area contributed by atoms with Crippen LogP contribution in [0.15, 0.2) is 0 Å². The number of rotatable bonds is 3. The number of nitrogens with one attached hydrogen (secondary N) is 1. The number of primary amides is 1. The fraction of sp³-hybridized carbons (Fsp3) is 0.800. The molecule has 1 rings (SSSR count). The fourth-order valence-corrected chi connectivity index (χ4v) is 1.75. The minimum atomic E-state index is -0.388. The lowest BCUT2D eigenvalue weighted by Gasteiger charge is -2.28. The van der Waals surface area contributed by atoms with Gasteiger partial charge in [-0.25, -0.2) is 4.79 Å². The zero-order valence-corrected chi connectivity index (χ0v) is 9.16. The Bertz CT molecular complexity index is 237. The average Bonchev–Trinajstić information content (AvgIpc) is 2.17. The molecule has 3 amide bonds. The van der Waals surface area contributed by atoms with E-state index in [1.54, 1.807) is 11.8 Å². The number of piperidine rings is 1. The van der Waals surface area contributed by atoms with E-state index in [2.05, 4.69) is 5.32 Å². The number of nitrogens with two attached hydrogens (primary N) is 1. The molecule has 0 spiro atoms. The molecule has 1 fully saturated rings. The van der Waals surface area contributed by atoms with Gasteiger partial charge in [0.25, 0.3) is 0 Å². The van der Waals surface area contributed by atoms with E-state index in [1.165, 1.54) is 6.42 Å². The summed E-state index contributed by atoms with van der Waals surface area (Å²) in [4.78, 5) is 24.1. The van der Waals surface area contributed by atoms with Gasteiger partial charge in [-0.3, -0.25) is 4.79 Å². The van der Waals surface area contributed by atoms with E-state index in [0.717, 1.165) is 25.9 Å². The van der Waals surface area contributed by atoms with E-state index in [0.29, 0.717) is 0 Å². The molecule has 86 valence electrons. The largest absolute Gasteiger partial charge is 0.370 e. The molecule has 1 saturated heterocycles. The first-order chi connectivity index (χ1) is 7.09. The third-order valence-corrected chi connectivity index (χ3v) is 2.52. The predicted molar refractivity (Wildman–Crippen MR) is 57.2 cm³/mol. The summed E-state index contributed by atoms with van der Waals surface area (Å²) < 4.78 is 0. The summed E-state index contributed by atoms with van der Waals surface area (Å²) in [6.07, 6.45) is 3.52. The number of nitrogens with zero attached hydrogens (tertiary/aromatic N) is 1. The molecule has 0 aromatic carbocycles. The molecule has 1 heterocycles. The highest BCUT2D eigenvalue weighted by molar-refractivity contribution is 5.77. The van der Waals surface area contributed by atoms with Gasteiger partial charge in [-0.15, -0.1) is 0 Å². The second kappa shape index (κ2) is 5.58. The van der Waals surface area contributed by atoms with Crippen molar-refractivity contribution in [3.8, 4) is 0 Å². The number of urea groups is 1. The molecule has 0 aliphatic carbocycles.